The zero-order valence-corrected chi connectivity index (χ0v) is 12.5. The molecule has 2 fully saturated rings. The van der Waals surface area contributed by atoms with Crippen LogP contribution in [0, 0.1) is 17.8 Å². The minimum absolute atomic E-state index is 0.0570. The fourth-order valence-electron chi connectivity index (χ4n) is 4.62. The van der Waals surface area contributed by atoms with Crippen LogP contribution in [0.25, 0.3) is 0 Å². The normalized spacial score (nSPS) is 33.3. The van der Waals surface area contributed by atoms with Gasteiger partial charge in [-0.05, 0) is 61.5 Å². The Balaban J connectivity index is 1.32. The Labute approximate surface area is 126 Å². The third kappa shape index (κ3) is 2.54. The Hall–Kier alpha value is -1.51. The van der Waals surface area contributed by atoms with E-state index < -0.39 is 0 Å². The Kier molecular flexibility index (Phi) is 3.36. The molecule has 2 bridgehead atoms. The summed E-state index contributed by atoms with van der Waals surface area (Å²) in [6, 6.07) is 8.26. The van der Waals surface area contributed by atoms with E-state index in [4.69, 9.17) is 0 Å². The molecule has 4 rings (SSSR count). The topological polar surface area (TPSA) is 41.1 Å². The maximum absolute atomic E-state index is 12.4. The van der Waals surface area contributed by atoms with E-state index in [2.05, 4.69) is 28.8 Å². The smallest absolute Gasteiger partial charge is 0.242 e. The van der Waals surface area contributed by atoms with Gasteiger partial charge in [0.1, 0.15) is 6.04 Å². The molecule has 0 aromatic heterocycles. The number of anilines is 1. The first-order chi connectivity index (χ1) is 10.3. The Morgan fingerprint density at radius 3 is 2.90 bits per heavy atom. The summed E-state index contributed by atoms with van der Waals surface area (Å²) >= 11 is 0. The number of carbonyl (C=O) groups is 1. The number of aryl methyl sites for hydroxylation is 1. The van der Waals surface area contributed by atoms with Crippen LogP contribution in [-0.4, -0.2) is 18.5 Å². The van der Waals surface area contributed by atoms with E-state index >= 15 is 0 Å². The summed E-state index contributed by atoms with van der Waals surface area (Å²) < 4.78 is 0. The van der Waals surface area contributed by atoms with E-state index in [1.165, 1.54) is 31.2 Å². The summed E-state index contributed by atoms with van der Waals surface area (Å²) in [5, 5.41) is 6.60. The van der Waals surface area contributed by atoms with Crippen molar-refractivity contribution in [3.05, 3.63) is 29.8 Å². The molecule has 1 aromatic carbocycles. The summed E-state index contributed by atoms with van der Waals surface area (Å²) in [4.78, 5) is 12.4. The maximum Gasteiger partial charge on any atom is 0.242 e. The van der Waals surface area contributed by atoms with Crippen LogP contribution in [0.4, 0.5) is 5.69 Å². The van der Waals surface area contributed by atoms with E-state index in [0.717, 1.165) is 42.8 Å². The molecule has 1 aromatic rings. The quantitative estimate of drug-likeness (QED) is 0.896. The third-order valence-electron chi connectivity index (χ3n) is 5.79. The fourth-order valence-corrected chi connectivity index (χ4v) is 4.62. The van der Waals surface area contributed by atoms with Crippen molar-refractivity contribution < 1.29 is 4.79 Å². The first kappa shape index (κ1) is 13.2. The lowest BCUT2D eigenvalue weighted by Gasteiger charge is -2.28. The van der Waals surface area contributed by atoms with Crippen molar-refractivity contribution in [2.45, 2.75) is 44.6 Å². The van der Waals surface area contributed by atoms with Gasteiger partial charge < -0.3 is 10.6 Å². The molecule has 0 saturated heterocycles. The average Bonchev–Trinajstić information content (AvgIpc) is 3.15. The second kappa shape index (κ2) is 5.36. The minimum Gasteiger partial charge on any atom is -0.373 e. The van der Waals surface area contributed by atoms with E-state index in [1.54, 1.807) is 0 Å². The first-order valence-electron chi connectivity index (χ1n) is 8.42. The van der Waals surface area contributed by atoms with Crippen molar-refractivity contribution in [1.29, 1.82) is 0 Å². The molecular weight excluding hydrogens is 260 g/mol. The van der Waals surface area contributed by atoms with Gasteiger partial charge in [-0.15, -0.1) is 0 Å². The predicted octanol–water partition coefficient (Wildman–Crippen LogP) is 2.97. The highest BCUT2D eigenvalue weighted by Crippen LogP contribution is 2.47. The van der Waals surface area contributed by atoms with Gasteiger partial charge in [-0.1, -0.05) is 24.6 Å². The molecule has 0 radical (unpaired) electrons. The minimum atomic E-state index is -0.0570. The number of benzene rings is 1. The molecule has 2 saturated carbocycles. The standard InChI is InChI=1S/C18H24N2O/c21-18(19-11-15-10-12-5-6-14(15)9-12)17-8-7-13-3-1-2-4-16(13)20-17/h1-4,12,14-15,17,20H,5-11H2,(H,19,21). The highest BCUT2D eigenvalue weighted by Gasteiger charge is 2.39. The third-order valence-corrected chi connectivity index (χ3v) is 5.79. The number of hydrogen-bond acceptors (Lipinski definition) is 2. The van der Waals surface area contributed by atoms with Gasteiger partial charge in [0.2, 0.25) is 5.91 Å². The number of para-hydroxylation sites is 1. The lowest BCUT2D eigenvalue weighted by Crippen LogP contribution is -2.43. The molecule has 1 amide bonds. The molecule has 2 aliphatic carbocycles. The van der Waals surface area contributed by atoms with Crippen LogP contribution in [0.15, 0.2) is 24.3 Å². The maximum atomic E-state index is 12.4. The predicted molar refractivity (Wildman–Crippen MR) is 84.1 cm³/mol. The summed E-state index contributed by atoms with van der Waals surface area (Å²) in [6.45, 7) is 0.889. The molecule has 3 nitrogen and oxygen atoms in total. The molecule has 21 heavy (non-hydrogen) atoms. The van der Waals surface area contributed by atoms with E-state index in [0.29, 0.717) is 0 Å². The van der Waals surface area contributed by atoms with E-state index in [-0.39, 0.29) is 11.9 Å². The van der Waals surface area contributed by atoms with Crippen molar-refractivity contribution in [2.24, 2.45) is 17.8 Å². The molecule has 1 aliphatic heterocycles. The van der Waals surface area contributed by atoms with Crippen molar-refractivity contribution >= 4 is 11.6 Å². The highest BCUT2D eigenvalue weighted by atomic mass is 16.2. The molecule has 4 atom stereocenters. The summed E-state index contributed by atoms with van der Waals surface area (Å²) in [5.41, 5.74) is 2.46. The Morgan fingerprint density at radius 2 is 2.10 bits per heavy atom. The zero-order chi connectivity index (χ0) is 14.2. The second-order valence-corrected chi connectivity index (χ2v) is 7.07. The lowest BCUT2D eigenvalue weighted by molar-refractivity contribution is -0.122. The number of rotatable bonds is 3. The monoisotopic (exact) mass is 284 g/mol. The first-order valence-corrected chi connectivity index (χ1v) is 8.42. The van der Waals surface area contributed by atoms with Gasteiger partial charge in [-0.25, -0.2) is 0 Å². The van der Waals surface area contributed by atoms with Crippen LogP contribution in [0.3, 0.4) is 0 Å². The van der Waals surface area contributed by atoms with Crippen LogP contribution in [0.5, 0.6) is 0 Å². The fraction of sp³-hybridized carbons (Fsp3) is 0.611. The van der Waals surface area contributed by atoms with E-state index in [9.17, 15) is 4.79 Å². The van der Waals surface area contributed by atoms with Crippen molar-refractivity contribution in [3.8, 4) is 0 Å². The molecule has 3 aliphatic rings. The van der Waals surface area contributed by atoms with Gasteiger partial charge in [0.15, 0.2) is 0 Å². The number of hydrogen-bond donors (Lipinski definition) is 2. The number of amides is 1. The Bertz CT molecular complexity index is 542. The van der Waals surface area contributed by atoms with Crippen LogP contribution in [-0.2, 0) is 11.2 Å². The van der Waals surface area contributed by atoms with Crippen LogP contribution >= 0.6 is 0 Å². The van der Waals surface area contributed by atoms with Gasteiger partial charge >= 0.3 is 0 Å². The van der Waals surface area contributed by atoms with Gasteiger partial charge in [-0.3, -0.25) is 4.79 Å². The SMILES string of the molecule is O=C(NCC1CC2CCC1C2)C1CCc2ccccc2N1. The van der Waals surface area contributed by atoms with Gasteiger partial charge in [-0.2, -0.15) is 0 Å². The molecule has 3 heteroatoms. The van der Waals surface area contributed by atoms with Gasteiger partial charge in [0.05, 0.1) is 0 Å². The van der Waals surface area contributed by atoms with Gasteiger partial charge in [0, 0.05) is 12.2 Å². The highest BCUT2D eigenvalue weighted by molar-refractivity contribution is 5.85. The Morgan fingerprint density at radius 1 is 1.19 bits per heavy atom. The summed E-state index contributed by atoms with van der Waals surface area (Å²) in [5.74, 6) is 2.77. The molecule has 112 valence electrons. The van der Waals surface area contributed by atoms with E-state index in [1.807, 2.05) is 6.07 Å². The summed E-state index contributed by atoms with van der Waals surface area (Å²) in [6.07, 6.45) is 7.47. The second-order valence-electron chi connectivity index (χ2n) is 7.07. The summed E-state index contributed by atoms with van der Waals surface area (Å²) in [7, 11) is 0. The van der Waals surface area contributed by atoms with Crippen LogP contribution < -0.4 is 10.6 Å². The lowest BCUT2D eigenvalue weighted by atomic mass is 9.88. The largest absolute Gasteiger partial charge is 0.373 e. The van der Waals surface area contributed by atoms with Crippen LogP contribution in [0.2, 0.25) is 0 Å². The van der Waals surface area contributed by atoms with Gasteiger partial charge in [0.25, 0.3) is 0 Å². The molecule has 1 heterocycles. The van der Waals surface area contributed by atoms with Crippen molar-refractivity contribution in [3.63, 3.8) is 0 Å². The van der Waals surface area contributed by atoms with Crippen LogP contribution in [0.1, 0.15) is 37.7 Å². The molecule has 4 unspecified atom stereocenters. The molecule has 2 N–H and O–H groups in total. The number of nitrogens with one attached hydrogen (secondary N) is 2. The zero-order valence-electron chi connectivity index (χ0n) is 12.5. The van der Waals surface area contributed by atoms with Crippen molar-refractivity contribution in [2.75, 3.05) is 11.9 Å². The molecular formula is C18H24N2O. The average molecular weight is 284 g/mol. The number of carbonyl (C=O) groups excluding carboxylic acids is 1. The number of fused-ring (bicyclic) bond motifs is 3. The molecule has 0 spiro atoms. The van der Waals surface area contributed by atoms with Crippen molar-refractivity contribution in [1.82, 2.24) is 5.32 Å².